The molecule has 1 unspecified atom stereocenters. The molecular formula is C23H20F2N4O3. The van der Waals surface area contributed by atoms with Gasteiger partial charge in [-0.2, -0.15) is 5.16 Å². The smallest absolute Gasteiger partial charge is 0.293 e. The highest BCUT2D eigenvalue weighted by atomic mass is 19.1. The minimum atomic E-state index is -0.817. The quantitative estimate of drug-likeness (QED) is 0.513. The predicted octanol–water partition coefficient (Wildman–Crippen LogP) is 3.20. The average Bonchev–Trinajstić information content (AvgIpc) is 3.57. The number of aromatic nitrogens is 2. The van der Waals surface area contributed by atoms with Gasteiger partial charge < -0.3 is 19.3 Å². The Bertz CT molecular complexity index is 1470. The Kier molecular flexibility index (Phi) is 4.23. The molecule has 6 rings (SSSR count). The lowest BCUT2D eigenvalue weighted by Gasteiger charge is -2.36. The van der Waals surface area contributed by atoms with E-state index in [9.17, 15) is 9.59 Å². The predicted molar refractivity (Wildman–Crippen MR) is 116 cm³/mol. The minimum Gasteiger partial charge on any atom is -0.364 e. The third-order valence-electron chi connectivity index (χ3n) is 6.39. The Labute approximate surface area is 180 Å². The normalized spacial score (nSPS) is 19.2. The van der Waals surface area contributed by atoms with E-state index >= 15 is 8.78 Å². The summed E-state index contributed by atoms with van der Waals surface area (Å²) in [6, 6.07) is 10.6. The van der Waals surface area contributed by atoms with E-state index in [4.69, 9.17) is 4.52 Å². The summed E-state index contributed by atoms with van der Waals surface area (Å²) in [5.41, 5.74) is -0.559. The Morgan fingerprint density at radius 2 is 1.88 bits per heavy atom. The number of pyridine rings is 1. The van der Waals surface area contributed by atoms with Gasteiger partial charge in [0.25, 0.3) is 5.56 Å². The fourth-order valence-corrected chi connectivity index (χ4v) is 4.74. The number of rotatable bonds is 3. The first-order valence-corrected chi connectivity index (χ1v) is 10.6. The van der Waals surface area contributed by atoms with Crippen LogP contribution in [0.15, 0.2) is 50.5 Å². The van der Waals surface area contributed by atoms with Gasteiger partial charge in [0, 0.05) is 31.7 Å². The van der Waals surface area contributed by atoms with Crippen LogP contribution in [-0.2, 0) is 0 Å². The highest BCUT2D eigenvalue weighted by Crippen LogP contribution is 2.41. The van der Waals surface area contributed by atoms with Crippen molar-refractivity contribution in [2.45, 2.75) is 24.9 Å². The van der Waals surface area contributed by atoms with E-state index in [1.807, 2.05) is 30.3 Å². The summed E-state index contributed by atoms with van der Waals surface area (Å²) in [5.74, 6) is -1.62. The summed E-state index contributed by atoms with van der Waals surface area (Å²) in [6.45, 7) is 1.34. The minimum absolute atomic E-state index is 0.00827. The van der Waals surface area contributed by atoms with Crippen molar-refractivity contribution >= 4 is 27.7 Å². The van der Waals surface area contributed by atoms with Crippen LogP contribution in [0.1, 0.15) is 30.5 Å². The molecule has 2 fully saturated rings. The van der Waals surface area contributed by atoms with Crippen LogP contribution in [0, 0.1) is 11.6 Å². The summed E-state index contributed by atoms with van der Waals surface area (Å²) < 4.78 is 38.1. The van der Waals surface area contributed by atoms with Gasteiger partial charge in [-0.05, 0) is 24.5 Å². The second kappa shape index (κ2) is 7.03. The van der Waals surface area contributed by atoms with Crippen LogP contribution in [0.5, 0.6) is 0 Å². The number of nitrogens with one attached hydrogen (secondary N) is 2. The zero-order valence-corrected chi connectivity index (χ0v) is 17.0. The number of hydrogen-bond acceptors (Lipinski definition) is 5. The molecule has 2 N–H and O–H groups in total. The molecule has 2 aromatic carbocycles. The number of piperazine rings is 1. The molecule has 1 atom stereocenters. The highest BCUT2D eigenvalue weighted by Gasteiger charge is 2.34. The molecular weight excluding hydrogens is 418 g/mol. The summed E-state index contributed by atoms with van der Waals surface area (Å²) >= 11 is 0. The SMILES string of the molecule is O=c1[nH]oc2c1c(=O)c1cc(F)c(N3CCNC(c4ccccc4)C3)c(F)c1n2C1CC1. The standard InChI is InChI=1S/C23H20F2N4O3/c24-15-10-14-19(29(13-6-7-13)23-17(21(14)30)22(31)27-32-23)18(25)20(15)28-9-8-26-16(11-28)12-4-2-1-3-5-12/h1-5,10,13,16,26H,6-9,11H2,(H,27,31). The lowest BCUT2D eigenvalue weighted by Crippen LogP contribution is -2.46. The van der Waals surface area contributed by atoms with Crippen molar-refractivity contribution in [3.63, 3.8) is 0 Å². The van der Waals surface area contributed by atoms with Gasteiger partial charge in [0.1, 0.15) is 11.5 Å². The van der Waals surface area contributed by atoms with Crippen LogP contribution >= 0.6 is 0 Å². The van der Waals surface area contributed by atoms with Gasteiger partial charge >= 0.3 is 0 Å². The molecule has 1 saturated heterocycles. The van der Waals surface area contributed by atoms with Gasteiger partial charge in [0.2, 0.25) is 11.1 Å². The fourth-order valence-electron chi connectivity index (χ4n) is 4.74. The highest BCUT2D eigenvalue weighted by molar-refractivity contribution is 5.93. The summed E-state index contributed by atoms with van der Waals surface area (Å²) in [5, 5.41) is 5.20. The molecule has 0 spiro atoms. The van der Waals surface area contributed by atoms with E-state index in [2.05, 4.69) is 10.5 Å². The van der Waals surface area contributed by atoms with Crippen molar-refractivity contribution in [3.8, 4) is 0 Å². The van der Waals surface area contributed by atoms with E-state index in [1.54, 1.807) is 9.47 Å². The van der Waals surface area contributed by atoms with Crippen LogP contribution < -0.4 is 21.2 Å². The van der Waals surface area contributed by atoms with Crippen molar-refractivity contribution in [1.82, 2.24) is 15.0 Å². The maximum atomic E-state index is 16.0. The van der Waals surface area contributed by atoms with E-state index in [0.29, 0.717) is 19.6 Å². The molecule has 0 bridgehead atoms. The van der Waals surface area contributed by atoms with Crippen molar-refractivity contribution in [2.75, 3.05) is 24.5 Å². The third-order valence-corrected chi connectivity index (χ3v) is 6.39. The Morgan fingerprint density at radius 1 is 1.09 bits per heavy atom. The van der Waals surface area contributed by atoms with Gasteiger partial charge in [0.15, 0.2) is 11.2 Å². The van der Waals surface area contributed by atoms with Crippen molar-refractivity contribution < 1.29 is 13.3 Å². The lowest BCUT2D eigenvalue weighted by atomic mass is 10.0. The van der Waals surface area contributed by atoms with Gasteiger partial charge in [-0.15, -0.1) is 0 Å². The molecule has 9 heteroatoms. The molecule has 1 aliphatic carbocycles. The number of nitrogens with zero attached hydrogens (tertiary/aromatic N) is 2. The van der Waals surface area contributed by atoms with Gasteiger partial charge in [-0.25, -0.2) is 8.78 Å². The van der Waals surface area contributed by atoms with Crippen molar-refractivity contribution in [1.29, 1.82) is 0 Å². The van der Waals surface area contributed by atoms with Gasteiger partial charge in [-0.1, -0.05) is 30.3 Å². The monoisotopic (exact) mass is 438 g/mol. The second-order valence-electron chi connectivity index (χ2n) is 8.42. The number of anilines is 1. The molecule has 2 aromatic heterocycles. The molecule has 1 aliphatic heterocycles. The molecule has 4 aromatic rings. The molecule has 1 saturated carbocycles. The Morgan fingerprint density at radius 3 is 2.62 bits per heavy atom. The zero-order chi connectivity index (χ0) is 22.0. The second-order valence-corrected chi connectivity index (χ2v) is 8.42. The molecule has 0 radical (unpaired) electrons. The van der Waals surface area contributed by atoms with Crippen LogP contribution in [0.4, 0.5) is 14.5 Å². The van der Waals surface area contributed by atoms with Crippen molar-refractivity contribution in [2.24, 2.45) is 0 Å². The van der Waals surface area contributed by atoms with E-state index in [0.717, 1.165) is 24.5 Å². The molecule has 7 nitrogen and oxygen atoms in total. The lowest BCUT2D eigenvalue weighted by molar-refractivity contribution is 0.427. The Hall–Kier alpha value is -3.46. The maximum Gasteiger partial charge on any atom is 0.293 e. The van der Waals surface area contributed by atoms with Gasteiger partial charge in [-0.3, -0.25) is 9.59 Å². The van der Waals surface area contributed by atoms with Crippen LogP contribution in [0.25, 0.3) is 22.0 Å². The third kappa shape index (κ3) is 2.81. The number of hydrogen-bond donors (Lipinski definition) is 2. The number of fused-ring (bicyclic) bond motifs is 2. The molecule has 0 amide bonds. The number of benzene rings is 2. The summed E-state index contributed by atoms with van der Waals surface area (Å²) in [4.78, 5) is 26.8. The number of aromatic amines is 1. The van der Waals surface area contributed by atoms with Gasteiger partial charge in [0.05, 0.1) is 10.9 Å². The first-order chi connectivity index (χ1) is 15.5. The average molecular weight is 438 g/mol. The Balaban J connectivity index is 1.56. The van der Waals surface area contributed by atoms with Crippen LogP contribution in [0.2, 0.25) is 0 Å². The first-order valence-electron chi connectivity index (χ1n) is 10.6. The molecule has 32 heavy (non-hydrogen) atoms. The van der Waals surface area contributed by atoms with Crippen molar-refractivity contribution in [3.05, 3.63) is 74.2 Å². The van der Waals surface area contributed by atoms with Crippen LogP contribution in [0.3, 0.4) is 0 Å². The summed E-state index contributed by atoms with van der Waals surface area (Å²) in [7, 11) is 0. The first kappa shape index (κ1) is 19.2. The maximum absolute atomic E-state index is 16.0. The van der Waals surface area contributed by atoms with E-state index < -0.39 is 22.6 Å². The number of H-pyrrole nitrogens is 1. The fraction of sp³-hybridized carbons (Fsp3) is 0.304. The molecule has 164 valence electrons. The number of halogens is 2. The molecule has 2 aliphatic rings. The largest absolute Gasteiger partial charge is 0.364 e. The summed E-state index contributed by atoms with van der Waals surface area (Å²) in [6.07, 6.45) is 1.52. The molecule has 3 heterocycles. The van der Waals surface area contributed by atoms with E-state index in [1.165, 1.54) is 0 Å². The van der Waals surface area contributed by atoms with Crippen LogP contribution in [-0.4, -0.2) is 29.4 Å². The van der Waals surface area contributed by atoms with E-state index in [-0.39, 0.29) is 39.8 Å². The topological polar surface area (TPSA) is 83.3 Å². The zero-order valence-electron chi connectivity index (χ0n) is 17.0.